The van der Waals surface area contributed by atoms with Gasteiger partial charge in [0.15, 0.2) is 0 Å². The predicted molar refractivity (Wildman–Crippen MR) is 79.9 cm³/mol. The summed E-state index contributed by atoms with van der Waals surface area (Å²) in [4.78, 5) is 11.5. The van der Waals surface area contributed by atoms with Crippen LogP contribution >= 0.6 is 0 Å². The lowest BCUT2D eigenvalue weighted by molar-refractivity contribution is 0.168. The van der Waals surface area contributed by atoms with Gasteiger partial charge in [-0.15, -0.1) is 0 Å². The molecule has 0 fully saturated rings. The minimum Gasteiger partial charge on any atom is -0.450 e. The number of rotatable bonds is 2. The average Bonchev–Trinajstić information content (AvgIpc) is 2.80. The third-order valence-corrected chi connectivity index (χ3v) is 3.37. The van der Waals surface area contributed by atoms with Gasteiger partial charge in [0.2, 0.25) is 0 Å². The molecule has 1 aliphatic carbocycles. The van der Waals surface area contributed by atoms with Crippen LogP contribution in [0.2, 0.25) is 0 Å². The Hall–Kier alpha value is -2.82. The summed E-state index contributed by atoms with van der Waals surface area (Å²) >= 11 is 0. The van der Waals surface area contributed by atoms with Gasteiger partial charge in [-0.3, -0.25) is 5.32 Å². The molecule has 5 heteroatoms. The highest BCUT2D eigenvalue weighted by Crippen LogP contribution is 2.38. The molecule has 1 aliphatic rings. The Balaban J connectivity index is 2.01. The van der Waals surface area contributed by atoms with Crippen LogP contribution in [0.5, 0.6) is 0 Å². The number of fused-ring (bicyclic) bond motifs is 3. The molecule has 0 radical (unpaired) electrons. The van der Waals surface area contributed by atoms with Crippen LogP contribution in [0.1, 0.15) is 18.1 Å². The molecule has 0 aliphatic heterocycles. The monoisotopic (exact) mass is 282 g/mol. The van der Waals surface area contributed by atoms with E-state index in [0.29, 0.717) is 18.0 Å². The fourth-order valence-corrected chi connectivity index (χ4v) is 2.52. The van der Waals surface area contributed by atoms with E-state index in [0.717, 1.165) is 22.3 Å². The van der Waals surface area contributed by atoms with Gasteiger partial charge >= 0.3 is 6.09 Å². The molecule has 21 heavy (non-hydrogen) atoms. The molecule has 0 atom stereocenters. The van der Waals surface area contributed by atoms with Crippen LogP contribution in [0, 0.1) is 0 Å². The van der Waals surface area contributed by atoms with Crippen molar-refractivity contribution in [2.45, 2.75) is 6.92 Å². The first kappa shape index (κ1) is 13.2. The molecule has 3 rings (SSSR count). The van der Waals surface area contributed by atoms with E-state index in [1.165, 1.54) is 0 Å². The van der Waals surface area contributed by atoms with E-state index >= 15 is 0 Å². The Bertz CT molecular complexity index is 738. The normalized spacial score (nSPS) is 13.7. The molecule has 0 saturated heterocycles. The number of carbonyl (C=O) groups is 1. The van der Waals surface area contributed by atoms with Crippen LogP contribution < -0.4 is 5.32 Å². The zero-order chi connectivity index (χ0) is 14.8. The molecule has 1 amide bonds. The first-order valence-electron chi connectivity index (χ1n) is 6.64. The van der Waals surface area contributed by atoms with Gasteiger partial charge in [0.1, 0.15) is 5.71 Å². The highest BCUT2D eigenvalue weighted by Gasteiger charge is 2.25. The maximum Gasteiger partial charge on any atom is 0.411 e. The zero-order valence-corrected chi connectivity index (χ0v) is 11.5. The number of carbonyl (C=O) groups excluding carboxylic acids is 1. The van der Waals surface area contributed by atoms with Gasteiger partial charge in [0, 0.05) is 16.8 Å². The van der Waals surface area contributed by atoms with Crippen LogP contribution in [0.25, 0.3) is 11.1 Å². The number of nitrogens with one attached hydrogen (secondary N) is 1. The van der Waals surface area contributed by atoms with Crippen molar-refractivity contribution in [1.29, 1.82) is 0 Å². The second-order valence-corrected chi connectivity index (χ2v) is 4.60. The molecular weight excluding hydrogens is 268 g/mol. The molecule has 0 unspecified atom stereocenters. The van der Waals surface area contributed by atoms with E-state index in [9.17, 15) is 10.0 Å². The van der Waals surface area contributed by atoms with Gasteiger partial charge in [0.25, 0.3) is 0 Å². The van der Waals surface area contributed by atoms with Crippen molar-refractivity contribution in [3.05, 3.63) is 53.6 Å². The largest absolute Gasteiger partial charge is 0.450 e. The van der Waals surface area contributed by atoms with Crippen molar-refractivity contribution in [3.8, 4) is 11.1 Å². The van der Waals surface area contributed by atoms with E-state index in [4.69, 9.17) is 4.74 Å². The summed E-state index contributed by atoms with van der Waals surface area (Å²) in [6.07, 6.45) is -0.504. The number of ether oxygens (including phenoxy) is 1. The lowest BCUT2D eigenvalue weighted by Crippen LogP contribution is -2.13. The number of hydrogen-bond acceptors (Lipinski definition) is 4. The Morgan fingerprint density at radius 1 is 1.14 bits per heavy atom. The SMILES string of the molecule is CCOC(=O)Nc1ccc2c(c1)C(=NO)c1ccccc1-2. The minimum atomic E-state index is -0.504. The number of benzene rings is 2. The highest BCUT2D eigenvalue weighted by atomic mass is 16.5. The maximum absolute atomic E-state index is 11.5. The summed E-state index contributed by atoms with van der Waals surface area (Å²) in [7, 11) is 0. The lowest BCUT2D eigenvalue weighted by atomic mass is 10.1. The Labute approximate surface area is 121 Å². The number of nitrogens with zero attached hydrogens (tertiary/aromatic N) is 1. The van der Waals surface area contributed by atoms with Gasteiger partial charge in [0.05, 0.1) is 6.61 Å². The lowest BCUT2D eigenvalue weighted by Gasteiger charge is -2.07. The quantitative estimate of drug-likeness (QED) is 0.558. The van der Waals surface area contributed by atoms with Crippen molar-refractivity contribution in [2.75, 3.05) is 11.9 Å². The third-order valence-electron chi connectivity index (χ3n) is 3.37. The zero-order valence-electron chi connectivity index (χ0n) is 11.5. The maximum atomic E-state index is 11.5. The molecule has 2 N–H and O–H groups in total. The molecule has 0 bridgehead atoms. The first-order chi connectivity index (χ1) is 10.2. The highest BCUT2D eigenvalue weighted by molar-refractivity contribution is 6.24. The molecule has 0 spiro atoms. The van der Waals surface area contributed by atoms with Crippen molar-refractivity contribution in [3.63, 3.8) is 0 Å². The first-order valence-corrected chi connectivity index (χ1v) is 6.64. The van der Waals surface area contributed by atoms with Crippen LogP contribution in [-0.2, 0) is 4.74 Å². The minimum absolute atomic E-state index is 0.311. The molecule has 106 valence electrons. The summed E-state index contributed by atoms with van der Waals surface area (Å²) in [5, 5.41) is 15.3. The summed E-state index contributed by atoms with van der Waals surface area (Å²) in [5.74, 6) is 0. The van der Waals surface area contributed by atoms with Crippen molar-refractivity contribution < 1.29 is 14.7 Å². The topological polar surface area (TPSA) is 70.9 Å². The number of amides is 1. The fraction of sp³-hybridized carbons (Fsp3) is 0.125. The van der Waals surface area contributed by atoms with E-state index in [1.54, 1.807) is 19.1 Å². The van der Waals surface area contributed by atoms with Crippen molar-refractivity contribution in [1.82, 2.24) is 0 Å². The summed E-state index contributed by atoms with van der Waals surface area (Å²) in [6, 6.07) is 13.2. The van der Waals surface area contributed by atoms with Crippen LogP contribution in [0.15, 0.2) is 47.6 Å². The van der Waals surface area contributed by atoms with E-state index < -0.39 is 6.09 Å². The molecule has 0 aromatic heterocycles. The number of oxime groups is 1. The predicted octanol–water partition coefficient (Wildman–Crippen LogP) is 3.46. The molecule has 5 nitrogen and oxygen atoms in total. The molecule has 2 aromatic rings. The van der Waals surface area contributed by atoms with Gasteiger partial charge in [-0.2, -0.15) is 0 Å². The second-order valence-electron chi connectivity index (χ2n) is 4.60. The fourth-order valence-electron chi connectivity index (χ4n) is 2.52. The summed E-state index contributed by atoms with van der Waals surface area (Å²) in [6.45, 7) is 2.06. The Morgan fingerprint density at radius 3 is 2.57 bits per heavy atom. The molecule has 2 aromatic carbocycles. The van der Waals surface area contributed by atoms with E-state index in [1.807, 2.05) is 30.3 Å². The van der Waals surface area contributed by atoms with Gasteiger partial charge < -0.3 is 9.94 Å². The number of hydrogen-bond donors (Lipinski definition) is 2. The number of anilines is 1. The standard InChI is InChI=1S/C16H14N2O3/c1-2-21-16(19)17-10-7-8-12-11-5-3-4-6-13(11)15(18-20)14(12)9-10/h3-9,20H,2H2,1H3,(H,17,19). The second kappa shape index (κ2) is 5.28. The molecule has 0 saturated carbocycles. The summed E-state index contributed by atoms with van der Waals surface area (Å²) < 4.78 is 4.85. The summed E-state index contributed by atoms with van der Waals surface area (Å²) in [5.41, 5.74) is 4.77. The Kier molecular flexibility index (Phi) is 3.31. The Morgan fingerprint density at radius 2 is 1.86 bits per heavy atom. The van der Waals surface area contributed by atoms with Gasteiger partial charge in [-0.05, 0) is 30.2 Å². The van der Waals surface area contributed by atoms with Gasteiger partial charge in [-0.1, -0.05) is 35.5 Å². The van der Waals surface area contributed by atoms with Crippen LogP contribution in [-0.4, -0.2) is 23.6 Å². The van der Waals surface area contributed by atoms with Crippen LogP contribution in [0.4, 0.5) is 10.5 Å². The molecule has 0 heterocycles. The molecular formula is C16H14N2O3. The van der Waals surface area contributed by atoms with Crippen molar-refractivity contribution in [2.24, 2.45) is 5.16 Å². The van der Waals surface area contributed by atoms with E-state index in [2.05, 4.69) is 10.5 Å². The smallest absolute Gasteiger partial charge is 0.411 e. The third kappa shape index (κ3) is 2.23. The van der Waals surface area contributed by atoms with Crippen molar-refractivity contribution >= 4 is 17.5 Å². The van der Waals surface area contributed by atoms with E-state index in [-0.39, 0.29) is 0 Å². The average molecular weight is 282 g/mol. The van der Waals surface area contributed by atoms with Gasteiger partial charge in [-0.25, -0.2) is 4.79 Å². The van der Waals surface area contributed by atoms with Crippen LogP contribution in [0.3, 0.4) is 0 Å².